The second kappa shape index (κ2) is 4.30. The van der Waals surface area contributed by atoms with Gasteiger partial charge in [-0.1, -0.05) is 58.5 Å². The summed E-state index contributed by atoms with van der Waals surface area (Å²) in [6.07, 6.45) is 1.19. The molecule has 0 spiro atoms. The minimum atomic E-state index is 0. The van der Waals surface area contributed by atoms with Crippen LogP contribution in [-0.4, -0.2) is 0 Å². The molecule has 1 rings (SSSR count). The van der Waals surface area contributed by atoms with Crippen LogP contribution in [-0.2, 0) is 5.41 Å². The fraction of sp³-hybridized carbons (Fsp3) is 0.500. The summed E-state index contributed by atoms with van der Waals surface area (Å²) in [6, 6.07) is 10.7. The average molecular weight is 164 g/mol. The fourth-order valence-electron chi connectivity index (χ4n) is 1.09. The zero-order valence-corrected chi connectivity index (χ0v) is 7.59. The first kappa shape index (κ1) is 11.2. The molecule has 0 aromatic heterocycles. The summed E-state index contributed by atoms with van der Waals surface area (Å²) in [6.45, 7) is 6.79. The first-order valence-electron chi connectivity index (χ1n) is 4.22. The SMILES string of the molecule is C.CCC(C)(C)c1ccccc1. The monoisotopic (exact) mass is 164 g/mol. The van der Waals surface area contributed by atoms with Gasteiger partial charge in [-0.15, -0.1) is 0 Å². The lowest BCUT2D eigenvalue weighted by atomic mass is 9.82. The van der Waals surface area contributed by atoms with E-state index in [4.69, 9.17) is 0 Å². The average Bonchev–Trinajstić information content (AvgIpc) is 2.06. The molecule has 0 aliphatic rings. The molecule has 0 atom stereocenters. The van der Waals surface area contributed by atoms with E-state index in [1.165, 1.54) is 12.0 Å². The lowest BCUT2D eigenvalue weighted by Gasteiger charge is -2.22. The summed E-state index contributed by atoms with van der Waals surface area (Å²) in [5, 5.41) is 0. The third kappa shape index (κ3) is 2.37. The number of hydrogen-bond acceptors (Lipinski definition) is 0. The highest BCUT2D eigenvalue weighted by atomic mass is 14.2. The molecular formula is C12H20. The van der Waals surface area contributed by atoms with E-state index in [2.05, 4.69) is 51.1 Å². The first-order chi connectivity index (χ1) is 5.17. The van der Waals surface area contributed by atoms with Crippen molar-refractivity contribution in [3.63, 3.8) is 0 Å². The Kier molecular flexibility index (Phi) is 4.02. The van der Waals surface area contributed by atoms with E-state index in [1.807, 2.05) is 0 Å². The van der Waals surface area contributed by atoms with Crippen LogP contribution in [0, 0.1) is 0 Å². The van der Waals surface area contributed by atoms with Gasteiger partial charge >= 0.3 is 0 Å². The molecule has 0 saturated carbocycles. The molecule has 0 N–H and O–H groups in total. The summed E-state index contributed by atoms with van der Waals surface area (Å²) in [4.78, 5) is 0. The van der Waals surface area contributed by atoms with Gasteiger partial charge in [-0.25, -0.2) is 0 Å². The third-order valence-corrected chi connectivity index (χ3v) is 2.44. The molecule has 0 nitrogen and oxygen atoms in total. The van der Waals surface area contributed by atoms with E-state index in [0.717, 1.165) is 0 Å². The van der Waals surface area contributed by atoms with Crippen LogP contribution in [0.3, 0.4) is 0 Å². The summed E-state index contributed by atoms with van der Waals surface area (Å²) in [5.41, 5.74) is 1.77. The highest BCUT2D eigenvalue weighted by Crippen LogP contribution is 2.25. The summed E-state index contributed by atoms with van der Waals surface area (Å²) in [5.74, 6) is 0. The number of hydrogen-bond donors (Lipinski definition) is 0. The second-order valence-corrected chi connectivity index (χ2v) is 3.60. The molecule has 0 amide bonds. The van der Waals surface area contributed by atoms with Crippen molar-refractivity contribution in [1.82, 2.24) is 0 Å². The third-order valence-electron chi connectivity index (χ3n) is 2.44. The Balaban J connectivity index is 0.00000121. The topological polar surface area (TPSA) is 0 Å². The molecule has 0 aliphatic carbocycles. The first-order valence-corrected chi connectivity index (χ1v) is 4.22. The minimum Gasteiger partial charge on any atom is -0.0776 e. The molecule has 0 fully saturated rings. The lowest BCUT2D eigenvalue weighted by Crippen LogP contribution is -2.14. The van der Waals surface area contributed by atoms with Gasteiger partial charge in [-0.05, 0) is 17.4 Å². The zero-order chi connectivity index (χ0) is 8.32. The van der Waals surface area contributed by atoms with Gasteiger partial charge < -0.3 is 0 Å². The molecule has 1 aromatic carbocycles. The van der Waals surface area contributed by atoms with Crippen LogP contribution in [0.25, 0.3) is 0 Å². The quantitative estimate of drug-likeness (QED) is 0.619. The molecule has 0 unspecified atom stereocenters. The Morgan fingerprint density at radius 1 is 1.08 bits per heavy atom. The van der Waals surface area contributed by atoms with E-state index in [1.54, 1.807) is 0 Å². The van der Waals surface area contributed by atoms with E-state index in [9.17, 15) is 0 Å². The molecule has 0 heterocycles. The van der Waals surface area contributed by atoms with Gasteiger partial charge in [0.05, 0.1) is 0 Å². The Morgan fingerprint density at radius 3 is 2.00 bits per heavy atom. The minimum absolute atomic E-state index is 0. The molecule has 1 aromatic rings. The van der Waals surface area contributed by atoms with E-state index < -0.39 is 0 Å². The molecule has 68 valence electrons. The van der Waals surface area contributed by atoms with Crippen LogP contribution in [0.4, 0.5) is 0 Å². The van der Waals surface area contributed by atoms with E-state index in [-0.39, 0.29) is 7.43 Å². The maximum atomic E-state index is 2.28. The van der Waals surface area contributed by atoms with Crippen LogP contribution in [0.15, 0.2) is 30.3 Å². The van der Waals surface area contributed by atoms with Crippen molar-refractivity contribution in [3.05, 3.63) is 35.9 Å². The molecule has 0 saturated heterocycles. The number of rotatable bonds is 2. The fourth-order valence-corrected chi connectivity index (χ4v) is 1.09. The van der Waals surface area contributed by atoms with E-state index >= 15 is 0 Å². The predicted molar refractivity (Wildman–Crippen MR) is 56.5 cm³/mol. The van der Waals surface area contributed by atoms with Gasteiger partial charge in [0.1, 0.15) is 0 Å². The molecule has 12 heavy (non-hydrogen) atoms. The second-order valence-electron chi connectivity index (χ2n) is 3.60. The van der Waals surface area contributed by atoms with Crippen LogP contribution >= 0.6 is 0 Å². The summed E-state index contributed by atoms with van der Waals surface area (Å²) < 4.78 is 0. The molecular weight excluding hydrogens is 144 g/mol. The highest BCUT2D eigenvalue weighted by molar-refractivity contribution is 5.22. The van der Waals surface area contributed by atoms with Gasteiger partial charge in [0.15, 0.2) is 0 Å². The molecule has 0 aliphatic heterocycles. The van der Waals surface area contributed by atoms with Crippen LogP contribution in [0.1, 0.15) is 40.2 Å². The normalized spacial score (nSPS) is 10.6. The maximum absolute atomic E-state index is 2.28. The molecule has 0 radical (unpaired) electrons. The summed E-state index contributed by atoms with van der Waals surface area (Å²) >= 11 is 0. The van der Waals surface area contributed by atoms with Gasteiger partial charge in [-0.2, -0.15) is 0 Å². The molecule has 0 heteroatoms. The molecule has 0 bridgehead atoms. The Morgan fingerprint density at radius 2 is 1.58 bits per heavy atom. The van der Waals surface area contributed by atoms with Crippen LogP contribution in [0.2, 0.25) is 0 Å². The standard InChI is InChI=1S/C11H16.CH4/c1-4-11(2,3)10-8-6-5-7-9-10;/h5-9H,4H2,1-3H3;1H4. The zero-order valence-electron chi connectivity index (χ0n) is 7.59. The Bertz CT molecular complexity index is 209. The van der Waals surface area contributed by atoms with Crippen molar-refractivity contribution in [3.8, 4) is 0 Å². The highest BCUT2D eigenvalue weighted by Gasteiger charge is 2.16. The van der Waals surface area contributed by atoms with Crippen molar-refractivity contribution in [2.75, 3.05) is 0 Å². The lowest BCUT2D eigenvalue weighted by molar-refractivity contribution is 0.506. The summed E-state index contributed by atoms with van der Waals surface area (Å²) in [7, 11) is 0. The van der Waals surface area contributed by atoms with Crippen molar-refractivity contribution in [2.45, 2.75) is 40.0 Å². The maximum Gasteiger partial charge on any atom is -0.0106 e. The smallest absolute Gasteiger partial charge is 0.0106 e. The van der Waals surface area contributed by atoms with Crippen LogP contribution in [0.5, 0.6) is 0 Å². The largest absolute Gasteiger partial charge is 0.0776 e. The Hall–Kier alpha value is -0.780. The predicted octanol–water partition coefficient (Wildman–Crippen LogP) is 4.01. The van der Waals surface area contributed by atoms with Crippen molar-refractivity contribution < 1.29 is 0 Å². The Labute approximate surface area is 76.6 Å². The van der Waals surface area contributed by atoms with Gasteiger partial charge in [0, 0.05) is 0 Å². The van der Waals surface area contributed by atoms with Crippen LogP contribution < -0.4 is 0 Å². The number of benzene rings is 1. The van der Waals surface area contributed by atoms with Crippen molar-refractivity contribution >= 4 is 0 Å². The van der Waals surface area contributed by atoms with Gasteiger partial charge in [-0.3, -0.25) is 0 Å². The van der Waals surface area contributed by atoms with Crippen molar-refractivity contribution in [2.24, 2.45) is 0 Å². The van der Waals surface area contributed by atoms with Crippen molar-refractivity contribution in [1.29, 1.82) is 0 Å². The van der Waals surface area contributed by atoms with Gasteiger partial charge in [0.25, 0.3) is 0 Å². The van der Waals surface area contributed by atoms with E-state index in [0.29, 0.717) is 5.41 Å². The van der Waals surface area contributed by atoms with Gasteiger partial charge in [0.2, 0.25) is 0 Å².